The molecule has 0 bridgehead atoms. The molecule has 7 nitrogen and oxygen atoms in total. The normalized spacial score (nSPS) is 15.6. The summed E-state index contributed by atoms with van der Waals surface area (Å²) in [6.45, 7) is 8.42. The number of fused-ring (bicyclic) bond motifs is 1. The lowest BCUT2D eigenvalue weighted by atomic mass is 9.99. The highest BCUT2D eigenvalue weighted by atomic mass is 16.5. The van der Waals surface area contributed by atoms with E-state index in [1.165, 1.54) is 0 Å². The van der Waals surface area contributed by atoms with Gasteiger partial charge >= 0.3 is 6.03 Å². The van der Waals surface area contributed by atoms with Crippen LogP contribution in [0.3, 0.4) is 0 Å². The van der Waals surface area contributed by atoms with Crippen LogP contribution in [0.4, 0.5) is 4.79 Å². The summed E-state index contributed by atoms with van der Waals surface area (Å²) in [4.78, 5) is 29.4. The zero-order chi connectivity index (χ0) is 21.7. The lowest BCUT2D eigenvalue weighted by Gasteiger charge is -2.38. The lowest BCUT2D eigenvalue weighted by Crippen LogP contribution is -2.50. The molecular formula is C23H32N4O3. The Hall–Kier alpha value is -2.96. The predicted molar refractivity (Wildman–Crippen MR) is 116 cm³/mol. The molecule has 0 saturated heterocycles. The Morgan fingerprint density at radius 1 is 1.23 bits per heavy atom. The first-order valence-corrected chi connectivity index (χ1v) is 10.6. The van der Waals surface area contributed by atoms with Crippen molar-refractivity contribution in [1.82, 2.24) is 19.7 Å². The van der Waals surface area contributed by atoms with E-state index >= 15 is 0 Å². The number of nitrogens with one attached hydrogen (secondary N) is 1. The topological polar surface area (TPSA) is 66.8 Å². The molecule has 1 N–H and O–H groups in total. The molecule has 0 spiro atoms. The summed E-state index contributed by atoms with van der Waals surface area (Å²) in [5, 5.41) is 2.82. The van der Waals surface area contributed by atoms with Gasteiger partial charge in [0.25, 0.3) is 0 Å². The largest absolute Gasteiger partial charge is 0.497 e. The minimum Gasteiger partial charge on any atom is -0.497 e. The summed E-state index contributed by atoms with van der Waals surface area (Å²) >= 11 is 0. The third-order valence-electron chi connectivity index (χ3n) is 5.30. The second-order valence-electron chi connectivity index (χ2n) is 8.00. The van der Waals surface area contributed by atoms with Gasteiger partial charge in [0.15, 0.2) is 0 Å². The van der Waals surface area contributed by atoms with Gasteiger partial charge in [0.05, 0.1) is 13.2 Å². The van der Waals surface area contributed by atoms with Gasteiger partial charge in [-0.2, -0.15) is 0 Å². The third kappa shape index (κ3) is 4.78. The summed E-state index contributed by atoms with van der Waals surface area (Å²) < 4.78 is 7.59. The number of carbonyl (C=O) groups excluding carboxylic acids is 2. The molecule has 3 rings (SSSR count). The number of rotatable bonds is 7. The third-order valence-corrected chi connectivity index (χ3v) is 5.30. The Bertz CT molecular complexity index is 877. The molecule has 1 aromatic heterocycles. The molecule has 0 fully saturated rings. The zero-order valence-corrected chi connectivity index (χ0v) is 18.3. The highest BCUT2D eigenvalue weighted by Crippen LogP contribution is 2.34. The van der Waals surface area contributed by atoms with E-state index in [9.17, 15) is 9.59 Å². The summed E-state index contributed by atoms with van der Waals surface area (Å²) in [6.07, 6.45) is 2.05. The van der Waals surface area contributed by atoms with E-state index in [2.05, 4.69) is 16.0 Å². The number of methoxy groups -OCH3 is 1. The fraction of sp³-hybridized carbons (Fsp3) is 0.478. The van der Waals surface area contributed by atoms with Crippen molar-refractivity contribution >= 4 is 11.9 Å². The monoisotopic (exact) mass is 412 g/mol. The molecule has 0 aliphatic carbocycles. The summed E-state index contributed by atoms with van der Waals surface area (Å²) in [7, 11) is 1.64. The predicted octanol–water partition coefficient (Wildman–Crippen LogP) is 3.12. The number of amides is 3. The molecule has 0 saturated carbocycles. The van der Waals surface area contributed by atoms with Gasteiger partial charge in [0, 0.05) is 38.1 Å². The number of carbonyl (C=O) groups is 2. The molecule has 1 atom stereocenters. The van der Waals surface area contributed by atoms with Crippen molar-refractivity contribution in [1.29, 1.82) is 0 Å². The first kappa shape index (κ1) is 21.7. The van der Waals surface area contributed by atoms with Crippen LogP contribution in [0.15, 0.2) is 42.6 Å². The van der Waals surface area contributed by atoms with Crippen LogP contribution in [0.25, 0.3) is 0 Å². The number of urea groups is 1. The molecule has 1 aromatic carbocycles. The first-order chi connectivity index (χ1) is 14.4. The molecule has 162 valence electrons. The molecule has 0 unspecified atom stereocenters. The zero-order valence-electron chi connectivity index (χ0n) is 18.3. The van der Waals surface area contributed by atoms with Crippen molar-refractivity contribution in [3.8, 4) is 5.75 Å². The van der Waals surface area contributed by atoms with Gasteiger partial charge in [-0.3, -0.25) is 4.79 Å². The maximum Gasteiger partial charge on any atom is 0.317 e. The molecule has 2 aromatic rings. The van der Waals surface area contributed by atoms with Gasteiger partial charge in [-0.25, -0.2) is 4.79 Å². The fourth-order valence-corrected chi connectivity index (χ4v) is 3.99. The first-order valence-electron chi connectivity index (χ1n) is 10.6. The van der Waals surface area contributed by atoms with Crippen LogP contribution in [-0.4, -0.2) is 59.6 Å². The van der Waals surface area contributed by atoms with E-state index in [1.807, 2.05) is 62.2 Å². The van der Waals surface area contributed by atoms with Crippen LogP contribution in [0.2, 0.25) is 0 Å². The van der Waals surface area contributed by atoms with Gasteiger partial charge in [0.1, 0.15) is 12.3 Å². The van der Waals surface area contributed by atoms with Gasteiger partial charge < -0.3 is 24.4 Å². The maximum atomic E-state index is 13.4. The fourth-order valence-electron chi connectivity index (χ4n) is 3.99. The summed E-state index contributed by atoms with van der Waals surface area (Å²) in [6, 6.07) is 11.5. The van der Waals surface area contributed by atoms with E-state index in [1.54, 1.807) is 12.0 Å². The second-order valence-corrected chi connectivity index (χ2v) is 8.00. The van der Waals surface area contributed by atoms with Crippen LogP contribution in [-0.2, 0) is 11.3 Å². The number of nitrogens with zero attached hydrogens (tertiary/aromatic N) is 3. The average Bonchev–Trinajstić information content (AvgIpc) is 3.21. The van der Waals surface area contributed by atoms with Gasteiger partial charge in [0.2, 0.25) is 5.91 Å². The highest BCUT2D eigenvalue weighted by molar-refractivity contribution is 5.84. The lowest BCUT2D eigenvalue weighted by molar-refractivity contribution is -0.134. The van der Waals surface area contributed by atoms with E-state index in [-0.39, 0.29) is 30.4 Å². The standard InChI is InChI=1S/C23H32N4O3/c1-5-24-23(29)26(15-17(2)3)16-21(28)27-13-12-25-11-7-10-20(25)22(27)18-8-6-9-19(14-18)30-4/h6-11,14,17,22H,5,12-13,15-16H2,1-4H3,(H,24,29)/t22-/m0/s1. The number of aromatic nitrogens is 1. The number of hydrogen-bond donors (Lipinski definition) is 1. The van der Waals surface area contributed by atoms with Crippen molar-refractivity contribution in [2.24, 2.45) is 5.92 Å². The van der Waals surface area contributed by atoms with Gasteiger partial charge in [-0.05, 0) is 42.7 Å². The molecule has 7 heteroatoms. The number of hydrogen-bond acceptors (Lipinski definition) is 3. The Morgan fingerprint density at radius 3 is 2.73 bits per heavy atom. The summed E-state index contributed by atoms with van der Waals surface area (Å²) in [5.41, 5.74) is 2.06. The van der Waals surface area contributed by atoms with E-state index in [0.717, 1.165) is 23.6 Å². The van der Waals surface area contributed by atoms with Crippen molar-refractivity contribution < 1.29 is 14.3 Å². The smallest absolute Gasteiger partial charge is 0.317 e. The highest BCUT2D eigenvalue weighted by Gasteiger charge is 2.33. The quantitative estimate of drug-likeness (QED) is 0.760. The average molecular weight is 413 g/mol. The van der Waals surface area contributed by atoms with Crippen LogP contribution in [0.5, 0.6) is 5.75 Å². The Kier molecular flexibility index (Phi) is 7.03. The van der Waals surface area contributed by atoms with Gasteiger partial charge in [-0.15, -0.1) is 0 Å². The Labute approximate surface area is 178 Å². The Morgan fingerprint density at radius 2 is 2.03 bits per heavy atom. The molecule has 3 amide bonds. The van der Waals surface area contributed by atoms with Crippen LogP contribution < -0.4 is 10.1 Å². The second kappa shape index (κ2) is 9.69. The molecule has 1 aliphatic heterocycles. The summed E-state index contributed by atoms with van der Waals surface area (Å²) in [5.74, 6) is 0.975. The van der Waals surface area contributed by atoms with Crippen LogP contribution in [0.1, 0.15) is 38.1 Å². The van der Waals surface area contributed by atoms with E-state index in [4.69, 9.17) is 4.74 Å². The molecule has 30 heavy (non-hydrogen) atoms. The van der Waals surface area contributed by atoms with Crippen molar-refractivity contribution in [2.45, 2.75) is 33.4 Å². The molecule has 2 heterocycles. The number of ether oxygens (including phenoxy) is 1. The van der Waals surface area contributed by atoms with Crippen molar-refractivity contribution in [3.63, 3.8) is 0 Å². The minimum absolute atomic E-state index is 0.0535. The van der Waals surface area contributed by atoms with Crippen molar-refractivity contribution in [3.05, 3.63) is 53.9 Å². The molecular weight excluding hydrogens is 380 g/mol. The number of benzene rings is 1. The van der Waals surface area contributed by atoms with Crippen LogP contribution in [0, 0.1) is 5.92 Å². The molecule has 0 radical (unpaired) electrons. The van der Waals surface area contributed by atoms with E-state index in [0.29, 0.717) is 19.6 Å². The Balaban J connectivity index is 1.89. The van der Waals surface area contributed by atoms with E-state index < -0.39 is 0 Å². The molecule has 1 aliphatic rings. The minimum atomic E-state index is -0.216. The SMILES string of the molecule is CCNC(=O)N(CC(=O)N1CCn2cccc2[C@@H]1c1cccc(OC)c1)CC(C)C. The van der Waals surface area contributed by atoms with Gasteiger partial charge in [-0.1, -0.05) is 26.0 Å². The van der Waals surface area contributed by atoms with Crippen molar-refractivity contribution in [2.75, 3.05) is 33.3 Å². The van der Waals surface area contributed by atoms with Crippen LogP contribution >= 0.6 is 0 Å². The maximum absolute atomic E-state index is 13.4.